The molecule has 1 aliphatic rings. The van der Waals surface area contributed by atoms with Crippen molar-refractivity contribution in [2.75, 3.05) is 32.7 Å². The van der Waals surface area contributed by atoms with Crippen LogP contribution in [0.25, 0.3) is 0 Å². The van der Waals surface area contributed by atoms with Gasteiger partial charge in [0.15, 0.2) is 0 Å². The minimum atomic E-state index is 0.603. The summed E-state index contributed by atoms with van der Waals surface area (Å²) in [6.07, 6.45) is 3.76. The molecule has 0 bridgehead atoms. The molecule has 1 atom stereocenters. The number of hydrogen-bond acceptors (Lipinski definition) is 3. The van der Waals surface area contributed by atoms with Crippen LogP contribution in [0.3, 0.4) is 0 Å². The molecule has 1 fully saturated rings. The Morgan fingerprint density at radius 2 is 2.00 bits per heavy atom. The second-order valence-electron chi connectivity index (χ2n) is 4.23. The van der Waals surface area contributed by atoms with E-state index in [1.54, 1.807) is 0 Å². The van der Waals surface area contributed by atoms with Gasteiger partial charge in [-0.2, -0.15) is 0 Å². The van der Waals surface area contributed by atoms with E-state index >= 15 is 0 Å². The van der Waals surface area contributed by atoms with Crippen molar-refractivity contribution >= 4 is 0 Å². The Balaban J connectivity index is 1.88. The monoisotopic (exact) mass is 205 g/mol. The number of nitrogens with one attached hydrogen (secondary N) is 1. The molecule has 2 rings (SSSR count). The molecule has 1 unspecified atom stereocenters. The molecule has 2 heterocycles. The van der Waals surface area contributed by atoms with Crippen LogP contribution in [0.15, 0.2) is 24.5 Å². The molecule has 82 valence electrons. The van der Waals surface area contributed by atoms with Gasteiger partial charge in [-0.25, -0.2) is 0 Å². The summed E-state index contributed by atoms with van der Waals surface area (Å²) in [6.45, 7) is 8.06. The zero-order valence-corrected chi connectivity index (χ0v) is 9.32. The van der Waals surface area contributed by atoms with Gasteiger partial charge >= 0.3 is 0 Å². The molecule has 0 spiro atoms. The van der Waals surface area contributed by atoms with Crippen molar-refractivity contribution in [3.8, 4) is 0 Å². The summed E-state index contributed by atoms with van der Waals surface area (Å²) in [6, 6.07) is 4.24. The predicted octanol–water partition coefficient (Wildman–Crippen LogP) is 1.09. The maximum Gasteiger partial charge on any atom is 0.0270 e. The third kappa shape index (κ3) is 3.01. The molecular weight excluding hydrogens is 186 g/mol. The molecule has 1 aromatic rings. The van der Waals surface area contributed by atoms with E-state index < -0.39 is 0 Å². The molecule has 0 amide bonds. The van der Waals surface area contributed by atoms with Crippen molar-refractivity contribution in [2.45, 2.75) is 12.8 Å². The van der Waals surface area contributed by atoms with Gasteiger partial charge in [-0.3, -0.25) is 4.98 Å². The third-order valence-corrected chi connectivity index (χ3v) is 3.02. The lowest BCUT2D eigenvalue weighted by Gasteiger charge is -2.29. The molecule has 15 heavy (non-hydrogen) atoms. The highest BCUT2D eigenvalue weighted by atomic mass is 15.2. The summed E-state index contributed by atoms with van der Waals surface area (Å²) in [5.74, 6) is 0.603. The fourth-order valence-corrected chi connectivity index (χ4v) is 2.08. The highest BCUT2D eigenvalue weighted by Crippen LogP contribution is 2.15. The normalized spacial score (nSPS) is 20.1. The summed E-state index contributed by atoms with van der Waals surface area (Å²) >= 11 is 0. The fourth-order valence-electron chi connectivity index (χ4n) is 2.08. The van der Waals surface area contributed by atoms with Gasteiger partial charge in [-0.1, -0.05) is 6.92 Å². The molecule has 1 aromatic heterocycles. The smallest absolute Gasteiger partial charge is 0.0270 e. The maximum absolute atomic E-state index is 4.05. The second kappa shape index (κ2) is 5.24. The topological polar surface area (TPSA) is 28.2 Å². The van der Waals surface area contributed by atoms with Crippen molar-refractivity contribution < 1.29 is 0 Å². The molecule has 3 nitrogen and oxygen atoms in total. The maximum atomic E-state index is 4.05. The van der Waals surface area contributed by atoms with Crippen molar-refractivity contribution in [1.82, 2.24) is 15.2 Å². The Bertz CT molecular complexity index is 280. The van der Waals surface area contributed by atoms with Crippen molar-refractivity contribution in [3.63, 3.8) is 0 Å². The van der Waals surface area contributed by atoms with Gasteiger partial charge in [0.2, 0.25) is 0 Å². The quantitative estimate of drug-likeness (QED) is 0.800. The average Bonchev–Trinajstić information content (AvgIpc) is 2.31. The van der Waals surface area contributed by atoms with Crippen LogP contribution in [0.2, 0.25) is 0 Å². The molecule has 1 aliphatic heterocycles. The van der Waals surface area contributed by atoms with Gasteiger partial charge in [-0.15, -0.1) is 0 Å². The van der Waals surface area contributed by atoms with Gasteiger partial charge in [0, 0.05) is 45.1 Å². The van der Waals surface area contributed by atoms with Crippen molar-refractivity contribution in [2.24, 2.45) is 0 Å². The van der Waals surface area contributed by atoms with Crippen molar-refractivity contribution in [1.29, 1.82) is 0 Å². The molecule has 0 aliphatic carbocycles. The van der Waals surface area contributed by atoms with Gasteiger partial charge in [0.05, 0.1) is 0 Å². The number of hydrogen-bond donors (Lipinski definition) is 1. The first-order valence-corrected chi connectivity index (χ1v) is 5.69. The molecule has 1 N–H and O–H groups in total. The van der Waals surface area contributed by atoms with E-state index in [9.17, 15) is 0 Å². The van der Waals surface area contributed by atoms with Gasteiger partial charge in [0.25, 0.3) is 0 Å². The third-order valence-electron chi connectivity index (χ3n) is 3.02. The van der Waals surface area contributed by atoms with Crippen LogP contribution in [0.5, 0.6) is 0 Å². The van der Waals surface area contributed by atoms with Crippen LogP contribution < -0.4 is 5.32 Å². The van der Waals surface area contributed by atoms with E-state index in [1.165, 1.54) is 18.7 Å². The summed E-state index contributed by atoms with van der Waals surface area (Å²) in [4.78, 5) is 6.58. The Labute approximate surface area is 91.5 Å². The summed E-state index contributed by atoms with van der Waals surface area (Å²) in [5.41, 5.74) is 1.39. The zero-order chi connectivity index (χ0) is 10.5. The largest absolute Gasteiger partial charge is 0.314 e. The first-order chi connectivity index (χ1) is 7.36. The number of nitrogens with zero attached hydrogens (tertiary/aromatic N) is 2. The number of aromatic nitrogens is 1. The number of rotatable bonds is 3. The molecule has 3 heteroatoms. The summed E-state index contributed by atoms with van der Waals surface area (Å²) in [5, 5.41) is 3.38. The Hall–Kier alpha value is -0.930. The van der Waals surface area contributed by atoms with Gasteiger partial charge in [0.1, 0.15) is 0 Å². The number of pyridine rings is 1. The van der Waals surface area contributed by atoms with Crippen LogP contribution in [0.1, 0.15) is 18.4 Å². The molecular formula is C12H19N3. The first-order valence-electron chi connectivity index (χ1n) is 5.69. The van der Waals surface area contributed by atoms with Crippen LogP contribution in [-0.4, -0.2) is 42.6 Å². The highest BCUT2D eigenvalue weighted by molar-refractivity contribution is 5.15. The lowest BCUT2D eigenvalue weighted by molar-refractivity contribution is 0.230. The van der Waals surface area contributed by atoms with E-state index in [0.717, 1.165) is 19.6 Å². The highest BCUT2D eigenvalue weighted by Gasteiger charge is 2.13. The minimum absolute atomic E-state index is 0.603. The Kier molecular flexibility index (Phi) is 3.69. The van der Waals surface area contributed by atoms with E-state index in [0.29, 0.717) is 5.92 Å². The van der Waals surface area contributed by atoms with Crippen molar-refractivity contribution in [3.05, 3.63) is 30.1 Å². The van der Waals surface area contributed by atoms with Crippen LogP contribution >= 0.6 is 0 Å². The van der Waals surface area contributed by atoms with Crippen LogP contribution in [0.4, 0.5) is 0 Å². The van der Waals surface area contributed by atoms with E-state index in [4.69, 9.17) is 0 Å². The summed E-state index contributed by atoms with van der Waals surface area (Å²) < 4.78 is 0. The lowest BCUT2D eigenvalue weighted by Crippen LogP contribution is -2.44. The molecule has 1 saturated heterocycles. The molecule has 0 radical (unpaired) electrons. The molecule has 0 aromatic carbocycles. The average molecular weight is 205 g/mol. The van der Waals surface area contributed by atoms with Crippen LogP contribution in [0, 0.1) is 0 Å². The standard InChI is InChI=1S/C12H19N3/c1-11(12-2-4-13-5-3-12)10-15-8-6-14-7-9-15/h2-5,11,14H,6-10H2,1H3. The first kappa shape index (κ1) is 10.6. The fraction of sp³-hybridized carbons (Fsp3) is 0.583. The van der Waals surface area contributed by atoms with E-state index in [1.807, 2.05) is 12.4 Å². The zero-order valence-electron chi connectivity index (χ0n) is 9.32. The minimum Gasteiger partial charge on any atom is -0.314 e. The van der Waals surface area contributed by atoms with Gasteiger partial charge in [-0.05, 0) is 23.6 Å². The predicted molar refractivity (Wildman–Crippen MR) is 62.0 cm³/mol. The second-order valence-corrected chi connectivity index (χ2v) is 4.23. The number of piperazine rings is 1. The summed E-state index contributed by atoms with van der Waals surface area (Å²) in [7, 11) is 0. The van der Waals surface area contributed by atoms with Crippen LogP contribution in [-0.2, 0) is 0 Å². The Morgan fingerprint density at radius 1 is 1.33 bits per heavy atom. The molecule has 0 saturated carbocycles. The van der Waals surface area contributed by atoms with E-state index in [2.05, 4.69) is 34.3 Å². The lowest BCUT2D eigenvalue weighted by atomic mass is 10.0. The van der Waals surface area contributed by atoms with E-state index in [-0.39, 0.29) is 0 Å². The Morgan fingerprint density at radius 3 is 2.67 bits per heavy atom. The SMILES string of the molecule is CC(CN1CCNCC1)c1ccncc1. The van der Waals surface area contributed by atoms with Gasteiger partial charge < -0.3 is 10.2 Å².